The van der Waals surface area contributed by atoms with Gasteiger partial charge in [0.15, 0.2) is 5.11 Å². The van der Waals surface area contributed by atoms with Crippen molar-refractivity contribution in [3.8, 4) is 17.2 Å². The van der Waals surface area contributed by atoms with Crippen LogP contribution >= 0.6 is 12.2 Å². The van der Waals surface area contributed by atoms with Gasteiger partial charge in [-0.1, -0.05) is 6.07 Å². The standard InChI is InChI=1S/C30H30N6O5S/c1-17-14-22(18(2)34(17)25-11-10-21(40-4)16-26(25)36(38)39)29-28(23-8-6-7-13-31-23)33-30(42)35(29)20-9-12-27(41-5)24(15-20)32-19(3)37/h6-16,28-29H,1-5H3,(H,32,37)(H,33,42)/t28-,29+/m1/s1. The third-order valence-corrected chi connectivity index (χ3v) is 7.59. The molecule has 11 nitrogen and oxygen atoms in total. The van der Waals surface area contributed by atoms with E-state index in [2.05, 4.69) is 15.6 Å². The molecule has 2 atom stereocenters. The largest absolute Gasteiger partial charge is 0.496 e. The van der Waals surface area contributed by atoms with Crippen molar-refractivity contribution >= 4 is 40.3 Å². The fourth-order valence-electron chi connectivity index (χ4n) is 5.51. The number of rotatable bonds is 8. The number of nitro groups is 1. The number of hydrogen-bond acceptors (Lipinski definition) is 7. The van der Waals surface area contributed by atoms with Crippen LogP contribution in [0.3, 0.4) is 0 Å². The summed E-state index contributed by atoms with van der Waals surface area (Å²) in [6.07, 6.45) is 1.73. The molecule has 5 rings (SSSR count). The van der Waals surface area contributed by atoms with Gasteiger partial charge in [-0.25, -0.2) is 0 Å². The molecule has 4 aromatic rings. The number of anilines is 2. The molecule has 0 aliphatic carbocycles. The summed E-state index contributed by atoms with van der Waals surface area (Å²) in [7, 11) is 3.01. The lowest BCUT2D eigenvalue weighted by atomic mass is 9.96. The molecule has 2 aromatic heterocycles. The maximum Gasteiger partial charge on any atom is 0.296 e. The minimum Gasteiger partial charge on any atom is -0.496 e. The fourth-order valence-corrected chi connectivity index (χ4v) is 5.85. The zero-order chi connectivity index (χ0) is 30.1. The molecule has 2 aromatic carbocycles. The Bertz CT molecular complexity index is 1690. The van der Waals surface area contributed by atoms with Crippen LogP contribution in [0.25, 0.3) is 5.69 Å². The second-order valence-corrected chi connectivity index (χ2v) is 10.2. The third-order valence-electron chi connectivity index (χ3n) is 7.28. The van der Waals surface area contributed by atoms with Crippen LogP contribution in [-0.2, 0) is 4.79 Å². The molecule has 1 amide bonds. The van der Waals surface area contributed by atoms with Crippen LogP contribution in [0, 0.1) is 24.0 Å². The molecule has 1 fully saturated rings. The zero-order valence-electron chi connectivity index (χ0n) is 23.7. The average molecular weight is 587 g/mol. The van der Waals surface area contributed by atoms with Crippen molar-refractivity contribution < 1.29 is 19.2 Å². The first-order chi connectivity index (χ1) is 20.1. The summed E-state index contributed by atoms with van der Waals surface area (Å²) < 4.78 is 12.6. The number of ether oxygens (including phenoxy) is 2. The highest BCUT2D eigenvalue weighted by atomic mass is 32.1. The Morgan fingerprint density at radius 2 is 1.88 bits per heavy atom. The molecule has 1 aliphatic rings. The topological polar surface area (TPSA) is 124 Å². The van der Waals surface area contributed by atoms with Crippen molar-refractivity contribution in [3.05, 3.63) is 99.6 Å². The molecule has 1 saturated heterocycles. The van der Waals surface area contributed by atoms with E-state index in [1.54, 1.807) is 24.4 Å². The van der Waals surface area contributed by atoms with Gasteiger partial charge >= 0.3 is 0 Å². The average Bonchev–Trinajstić information content (AvgIpc) is 3.47. The van der Waals surface area contributed by atoms with Gasteiger partial charge in [0.05, 0.1) is 48.7 Å². The molecular formula is C30H30N6O5S. The summed E-state index contributed by atoms with van der Waals surface area (Å²) in [5.74, 6) is 0.671. The first kappa shape index (κ1) is 28.6. The SMILES string of the molecule is COc1ccc(-n2c(C)cc([C@H]3[C@@H](c4ccccn4)NC(=S)N3c3ccc(OC)c(NC(C)=O)c3)c2C)c([N+](=O)[O-])c1. The van der Waals surface area contributed by atoms with Gasteiger partial charge in [0.2, 0.25) is 5.91 Å². The Morgan fingerprint density at radius 3 is 2.52 bits per heavy atom. The normalized spacial score (nSPS) is 16.2. The van der Waals surface area contributed by atoms with Crippen LogP contribution in [0.4, 0.5) is 17.1 Å². The predicted octanol–water partition coefficient (Wildman–Crippen LogP) is 5.55. The lowest BCUT2D eigenvalue weighted by Crippen LogP contribution is -2.29. The first-order valence-electron chi connectivity index (χ1n) is 13.1. The van der Waals surface area contributed by atoms with Crippen molar-refractivity contribution in [2.24, 2.45) is 0 Å². The Kier molecular flexibility index (Phi) is 7.81. The van der Waals surface area contributed by atoms with Gasteiger partial charge in [-0.3, -0.25) is 19.9 Å². The minimum atomic E-state index is -0.410. The second kappa shape index (κ2) is 11.5. The highest BCUT2D eigenvalue weighted by Gasteiger charge is 2.42. The smallest absolute Gasteiger partial charge is 0.296 e. The third kappa shape index (κ3) is 5.12. The molecule has 3 heterocycles. The number of carbonyl (C=O) groups excluding carboxylic acids is 1. The van der Waals surface area contributed by atoms with Crippen molar-refractivity contribution in [1.29, 1.82) is 0 Å². The number of hydrogen-bond donors (Lipinski definition) is 2. The van der Waals surface area contributed by atoms with Gasteiger partial charge in [0.25, 0.3) is 5.69 Å². The van der Waals surface area contributed by atoms with Crippen molar-refractivity contribution in [2.45, 2.75) is 32.9 Å². The van der Waals surface area contributed by atoms with Gasteiger partial charge in [-0.05, 0) is 80.2 Å². The van der Waals surface area contributed by atoms with Gasteiger partial charge in [0.1, 0.15) is 17.2 Å². The quantitative estimate of drug-likeness (QED) is 0.155. The minimum absolute atomic E-state index is 0.0731. The molecule has 0 unspecified atom stereocenters. The molecule has 0 bridgehead atoms. The Hall–Kier alpha value is -4.97. The number of nitrogens with zero attached hydrogens (tertiary/aromatic N) is 4. The van der Waals surface area contributed by atoms with Crippen LogP contribution in [0.1, 0.15) is 41.7 Å². The Morgan fingerprint density at radius 1 is 1.10 bits per heavy atom. The van der Waals surface area contributed by atoms with Gasteiger partial charge in [-0.2, -0.15) is 0 Å². The van der Waals surface area contributed by atoms with Crippen LogP contribution in [0.15, 0.2) is 66.9 Å². The summed E-state index contributed by atoms with van der Waals surface area (Å²) in [4.78, 5) is 30.2. The molecule has 2 N–H and O–H groups in total. The van der Waals surface area contributed by atoms with Crippen LogP contribution in [0.2, 0.25) is 0 Å². The van der Waals surface area contributed by atoms with E-state index in [0.717, 1.165) is 28.3 Å². The van der Waals surface area contributed by atoms with Crippen molar-refractivity contribution in [3.63, 3.8) is 0 Å². The summed E-state index contributed by atoms with van der Waals surface area (Å²) in [5, 5.41) is 18.8. The number of thiocarbonyl (C=S) groups is 1. The number of aromatic nitrogens is 2. The van der Waals surface area contributed by atoms with Crippen molar-refractivity contribution in [1.82, 2.24) is 14.9 Å². The molecule has 0 spiro atoms. The maximum absolute atomic E-state index is 12.1. The molecule has 1 aliphatic heterocycles. The van der Waals surface area contributed by atoms with Crippen molar-refractivity contribution in [2.75, 3.05) is 24.4 Å². The Balaban J connectivity index is 1.70. The van der Waals surface area contributed by atoms with E-state index in [-0.39, 0.29) is 23.7 Å². The number of carbonyl (C=O) groups is 1. The summed E-state index contributed by atoms with van der Waals surface area (Å²) in [6.45, 7) is 5.27. The number of amides is 1. The molecule has 12 heteroatoms. The van der Waals surface area contributed by atoms with E-state index in [4.69, 9.17) is 21.7 Å². The monoisotopic (exact) mass is 586 g/mol. The summed E-state index contributed by atoms with van der Waals surface area (Å²) >= 11 is 5.89. The highest BCUT2D eigenvalue weighted by molar-refractivity contribution is 7.80. The van der Waals surface area contributed by atoms with E-state index in [1.807, 2.05) is 59.7 Å². The van der Waals surface area contributed by atoms with Gasteiger partial charge in [0, 0.05) is 30.2 Å². The number of nitro benzene ring substituents is 1. The van der Waals surface area contributed by atoms with E-state index < -0.39 is 4.92 Å². The number of pyridine rings is 1. The maximum atomic E-state index is 12.1. The molecule has 0 saturated carbocycles. The van der Waals surface area contributed by atoms with Crippen LogP contribution in [0.5, 0.6) is 11.5 Å². The lowest BCUT2D eigenvalue weighted by molar-refractivity contribution is -0.384. The number of benzene rings is 2. The lowest BCUT2D eigenvalue weighted by Gasteiger charge is -2.29. The zero-order valence-corrected chi connectivity index (χ0v) is 24.6. The molecule has 216 valence electrons. The van der Waals surface area contributed by atoms with E-state index in [1.165, 1.54) is 27.2 Å². The van der Waals surface area contributed by atoms with E-state index in [0.29, 0.717) is 28.0 Å². The van der Waals surface area contributed by atoms with Gasteiger partial charge in [-0.15, -0.1) is 0 Å². The number of nitrogens with one attached hydrogen (secondary N) is 2. The van der Waals surface area contributed by atoms with E-state index in [9.17, 15) is 14.9 Å². The summed E-state index contributed by atoms with van der Waals surface area (Å²) in [6, 6.07) is 17.3. The molecule has 0 radical (unpaired) electrons. The second-order valence-electron chi connectivity index (χ2n) is 9.84. The van der Waals surface area contributed by atoms with E-state index >= 15 is 0 Å². The number of methoxy groups -OCH3 is 2. The molecule has 42 heavy (non-hydrogen) atoms. The first-order valence-corrected chi connectivity index (χ1v) is 13.5. The highest BCUT2D eigenvalue weighted by Crippen LogP contribution is 2.45. The van der Waals surface area contributed by atoms with Crippen LogP contribution < -0.4 is 25.0 Å². The predicted molar refractivity (Wildman–Crippen MR) is 164 cm³/mol. The van der Waals surface area contributed by atoms with Gasteiger partial charge < -0.3 is 29.6 Å². The number of aryl methyl sites for hydroxylation is 1. The summed E-state index contributed by atoms with van der Waals surface area (Å²) in [5.41, 5.74) is 4.87. The molecular weight excluding hydrogens is 556 g/mol. The van der Waals surface area contributed by atoms with Crippen LogP contribution in [-0.4, -0.2) is 39.7 Å². The Labute approximate surface area is 248 Å². The fraction of sp³-hybridized carbons (Fsp3) is 0.233.